The summed E-state index contributed by atoms with van der Waals surface area (Å²) < 4.78 is 5.27. The van der Waals surface area contributed by atoms with E-state index in [9.17, 15) is 0 Å². The zero-order chi connectivity index (χ0) is 45.3. The topological polar surface area (TPSA) is 0 Å². The van der Waals surface area contributed by atoms with Gasteiger partial charge >= 0.3 is 0 Å². The van der Waals surface area contributed by atoms with E-state index in [1.807, 2.05) is 22.7 Å². The van der Waals surface area contributed by atoms with Gasteiger partial charge in [0.15, 0.2) is 0 Å². The molecule has 0 N–H and O–H groups in total. The number of hydrogen-bond donors (Lipinski definition) is 0. The fourth-order valence-electron chi connectivity index (χ4n) is 11.7. The fraction of sp³-hybridized carbons (Fsp3) is 0.0606. The summed E-state index contributed by atoms with van der Waals surface area (Å²) in [4.78, 5) is 0. The summed E-state index contributed by atoms with van der Waals surface area (Å²) in [5.74, 6) is 0. The van der Waals surface area contributed by atoms with Gasteiger partial charge in [0.1, 0.15) is 0 Å². The number of rotatable bonds is 5. The second-order valence-electron chi connectivity index (χ2n) is 19.1. The van der Waals surface area contributed by atoms with E-state index in [1.165, 1.54) is 145 Å². The molecule has 0 amide bonds. The zero-order valence-corrected chi connectivity index (χ0v) is 39.7. The molecule has 2 heteroatoms. The summed E-state index contributed by atoms with van der Waals surface area (Å²) in [6, 6.07) is 71.8. The highest BCUT2D eigenvalue weighted by Crippen LogP contribution is 2.53. The van der Waals surface area contributed by atoms with Crippen LogP contribution in [0.3, 0.4) is 0 Å². The van der Waals surface area contributed by atoms with Crippen LogP contribution in [0.25, 0.3) is 134 Å². The van der Waals surface area contributed by atoms with Crippen LogP contribution in [0.1, 0.15) is 37.5 Å². The average molecular weight is 901 g/mol. The molecule has 2 heterocycles. The molecule has 0 bridgehead atoms. The SMILES string of the molecule is C/C=C\C=C/c1ccc2sc3cc(-c4c5ccccc5c(-c5ccc6c(c5)sc5ccc7ccccc7c56)c5ccc(-c6ccc7c(c6)C(C)(C)c6ccc8ccccc8c6-7)cc45)ccc3c2c1. The minimum Gasteiger partial charge on any atom is -0.135 e. The van der Waals surface area contributed by atoms with E-state index in [4.69, 9.17) is 0 Å². The first-order valence-corrected chi connectivity index (χ1v) is 25.3. The lowest BCUT2D eigenvalue weighted by Gasteiger charge is -2.22. The van der Waals surface area contributed by atoms with Crippen molar-refractivity contribution < 1.29 is 0 Å². The van der Waals surface area contributed by atoms with Crippen molar-refractivity contribution in [2.24, 2.45) is 0 Å². The predicted octanol–water partition coefficient (Wildman–Crippen LogP) is 19.9. The molecule has 0 fully saturated rings. The molecule has 0 saturated heterocycles. The Bertz CT molecular complexity index is 4360. The highest BCUT2D eigenvalue weighted by molar-refractivity contribution is 7.26. The first-order valence-electron chi connectivity index (χ1n) is 23.7. The molecule has 1 aliphatic carbocycles. The molecule has 68 heavy (non-hydrogen) atoms. The highest BCUT2D eigenvalue weighted by Gasteiger charge is 2.36. The predicted molar refractivity (Wildman–Crippen MR) is 300 cm³/mol. The molecule has 11 aromatic carbocycles. The summed E-state index contributed by atoms with van der Waals surface area (Å²) in [6.45, 7) is 6.85. The van der Waals surface area contributed by atoms with Crippen molar-refractivity contribution in [2.45, 2.75) is 26.2 Å². The summed E-state index contributed by atoms with van der Waals surface area (Å²) in [7, 11) is 0. The van der Waals surface area contributed by atoms with Gasteiger partial charge in [0.25, 0.3) is 0 Å². The van der Waals surface area contributed by atoms with Crippen LogP contribution < -0.4 is 0 Å². The molecule has 2 aromatic heterocycles. The van der Waals surface area contributed by atoms with Crippen LogP contribution in [0, 0.1) is 0 Å². The number of fused-ring (bicyclic) bond motifs is 15. The molecule has 13 aromatic rings. The van der Waals surface area contributed by atoms with E-state index in [0.717, 1.165) is 0 Å². The molecule has 0 aliphatic heterocycles. The average Bonchev–Trinajstić information content (AvgIpc) is 4.01. The third kappa shape index (κ3) is 5.84. The first-order chi connectivity index (χ1) is 33.4. The third-order valence-electron chi connectivity index (χ3n) is 14.9. The molecular formula is C66H44S2. The summed E-state index contributed by atoms with van der Waals surface area (Å²) in [5, 5.41) is 15.6. The standard InChI is InChI=1S/C66H44S2/c1-4-5-6-13-39-20-32-58-54(34-39)48-27-23-45(37-60(48)67-58)63-50-19-12-11-18-49(50)62(44-24-30-53-61(38-44)68-59-33-26-41-15-8-10-17-47(41)65(53)59)51-28-21-42(35-55(51)63)43-22-29-52-57(36-43)66(2,3)56-31-25-40-14-7-9-16-46(40)64(52)56/h4-38H,1-3H3/b5-4-,13-6-. The van der Waals surface area contributed by atoms with Crippen molar-refractivity contribution in [3.8, 4) is 44.5 Å². The smallest absolute Gasteiger partial charge is 0.0361 e. The van der Waals surface area contributed by atoms with Crippen LogP contribution in [0.2, 0.25) is 0 Å². The van der Waals surface area contributed by atoms with Gasteiger partial charge in [0.2, 0.25) is 0 Å². The number of benzene rings is 11. The number of thiophene rings is 2. The molecule has 1 aliphatic rings. The molecule has 0 radical (unpaired) electrons. The van der Waals surface area contributed by atoms with Crippen LogP contribution in [0.5, 0.6) is 0 Å². The Hall–Kier alpha value is -7.62. The minimum atomic E-state index is -0.128. The monoisotopic (exact) mass is 900 g/mol. The molecule has 0 nitrogen and oxygen atoms in total. The second kappa shape index (κ2) is 14.9. The van der Waals surface area contributed by atoms with Crippen molar-refractivity contribution in [1.29, 1.82) is 0 Å². The van der Waals surface area contributed by atoms with Gasteiger partial charge in [-0.05, 0) is 154 Å². The molecule has 0 spiro atoms. The van der Waals surface area contributed by atoms with Crippen LogP contribution in [0.4, 0.5) is 0 Å². The Morgan fingerprint density at radius 3 is 1.75 bits per heavy atom. The van der Waals surface area contributed by atoms with E-state index >= 15 is 0 Å². The van der Waals surface area contributed by atoms with Crippen molar-refractivity contribution in [3.63, 3.8) is 0 Å². The Labute approximate surface area is 403 Å². The lowest BCUT2D eigenvalue weighted by molar-refractivity contribution is 0.661. The van der Waals surface area contributed by atoms with Crippen LogP contribution in [-0.2, 0) is 5.41 Å². The Morgan fingerprint density at radius 2 is 0.956 bits per heavy atom. The van der Waals surface area contributed by atoms with Gasteiger partial charge in [-0.3, -0.25) is 0 Å². The van der Waals surface area contributed by atoms with Gasteiger partial charge in [0.05, 0.1) is 0 Å². The van der Waals surface area contributed by atoms with Gasteiger partial charge in [-0.1, -0.05) is 184 Å². The van der Waals surface area contributed by atoms with Crippen molar-refractivity contribution in [2.75, 3.05) is 0 Å². The van der Waals surface area contributed by atoms with Crippen molar-refractivity contribution in [1.82, 2.24) is 0 Å². The maximum atomic E-state index is 2.50. The maximum absolute atomic E-state index is 2.50. The van der Waals surface area contributed by atoms with E-state index in [1.54, 1.807) is 0 Å². The molecule has 0 saturated carbocycles. The Kier molecular flexibility index (Phi) is 8.69. The van der Waals surface area contributed by atoms with E-state index < -0.39 is 0 Å². The summed E-state index contributed by atoms with van der Waals surface area (Å²) >= 11 is 3.80. The molecule has 0 unspecified atom stereocenters. The molecular weight excluding hydrogens is 857 g/mol. The maximum Gasteiger partial charge on any atom is 0.0361 e. The van der Waals surface area contributed by atoms with Crippen LogP contribution in [-0.4, -0.2) is 0 Å². The quantitative estimate of drug-likeness (QED) is 0.119. The largest absolute Gasteiger partial charge is 0.135 e. The van der Waals surface area contributed by atoms with Crippen LogP contribution >= 0.6 is 22.7 Å². The Balaban J connectivity index is 1.01. The molecule has 14 rings (SSSR count). The lowest BCUT2D eigenvalue weighted by atomic mass is 9.81. The van der Waals surface area contributed by atoms with Gasteiger partial charge in [-0.25, -0.2) is 0 Å². The first kappa shape index (κ1) is 39.5. The van der Waals surface area contributed by atoms with Gasteiger partial charge in [-0.15, -0.1) is 22.7 Å². The highest BCUT2D eigenvalue weighted by atomic mass is 32.1. The van der Waals surface area contributed by atoms with Gasteiger partial charge in [0, 0.05) is 45.8 Å². The zero-order valence-electron chi connectivity index (χ0n) is 38.0. The third-order valence-corrected chi connectivity index (χ3v) is 17.2. The van der Waals surface area contributed by atoms with Gasteiger partial charge in [-0.2, -0.15) is 0 Å². The van der Waals surface area contributed by atoms with Crippen molar-refractivity contribution in [3.05, 3.63) is 223 Å². The summed E-state index contributed by atoms with van der Waals surface area (Å²) in [6.07, 6.45) is 8.47. The normalized spacial score (nSPS) is 13.5. The molecule has 0 atom stereocenters. The van der Waals surface area contributed by atoms with E-state index in [-0.39, 0.29) is 5.41 Å². The lowest BCUT2D eigenvalue weighted by Crippen LogP contribution is -2.15. The minimum absolute atomic E-state index is 0.128. The Morgan fingerprint density at radius 1 is 0.368 bits per heavy atom. The fourth-order valence-corrected chi connectivity index (χ4v) is 14.0. The van der Waals surface area contributed by atoms with Crippen molar-refractivity contribution >= 4 is 112 Å². The molecule has 320 valence electrons. The summed E-state index contributed by atoms with van der Waals surface area (Å²) in [5.41, 5.74) is 14.1. The number of allylic oxidation sites excluding steroid dienone is 3. The van der Waals surface area contributed by atoms with Gasteiger partial charge < -0.3 is 0 Å². The van der Waals surface area contributed by atoms with E-state index in [0.29, 0.717) is 0 Å². The van der Waals surface area contributed by atoms with Crippen LogP contribution in [0.15, 0.2) is 206 Å². The number of hydrogen-bond acceptors (Lipinski definition) is 2. The van der Waals surface area contributed by atoms with E-state index in [2.05, 4.69) is 233 Å². The second-order valence-corrected chi connectivity index (χ2v) is 21.2.